The van der Waals surface area contributed by atoms with E-state index >= 15 is 0 Å². The normalized spacial score (nSPS) is 12.0. The van der Waals surface area contributed by atoms with Gasteiger partial charge in [-0.15, -0.1) is 0 Å². The van der Waals surface area contributed by atoms with Crippen LogP contribution in [-0.2, 0) is 11.2 Å². The minimum Gasteiger partial charge on any atom is -0.508 e. The molecule has 37 heavy (non-hydrogen) atoms. The number of nitrogens with one attached hydrogen (secondary N) is 2. The monoisotopic (exact) mass is 518 g/mol. The molecule has 2 heterocycles. The Labute approximate surface area is 216 Å². The van der Waals surface area contributed by atoms with Gasteiger partial charge in [0, 0.05) is 52.4 Å². The highest BCUT2D eigenvalue weighted by Gasteiger charge is 2.23. The molecule has 1 atom stereocenters. The van der Waals surface area contributed by atoms with Crippen molar-refractivity contribution < 1.29 is 18.7 Å². The number of carbonyl (C=O) groups is 1. The molecule has 1 unspecified atom stereocenters. The van der Waals surface area contributed by atoms with Gasteiger partial charge in [0.25, 0.3) is 0 Å². The van der Waals surface area contributed by atoms with Gasteiger partial charge in [-0.25, -0.2) is 18.7 Å². The molecule has 0 saturated heterocycles. The number of aromatic amines is 1. The van der Waals surface area contributed by atoms with E-state index in [0.29, 0.717) is 27.4 Å². The average molecular weight is 519 g/mol. The van der Waals surface area contributed by atoms with E-state index in [2.05, 4.69) is 20.3 Å². The average Bonchev–Trinajstić information content (AvgIpc) is 3.26. The number of H-pyrrole nitrogens is 1. The quantitative estimate of drug-likeness (QED) is 0.256. The van der Waals surface area contributed by atoms with Crippen molar-refractivity contribution >= 4 is 28.4 Å². The highest BCUT2D eigenvalue weighted by Crippen LogP contribution is 2.32. The Morgan fingerprint density at radius 2 is 1.81 bits per heavy atom. The van der Waals surface area contributed by atoms with Crippen LogP contribution in [0.2, 0.25) is 5.02 Å². The van der Waals surface area contributed by atoms with Gasteiger partial charge in [-0.2, -0.15) is 0 Å². The third-order valence-corrected chi connectivity index (χ3v) is 6.37. The second-order valence-corrected chi connectivity index (χ2v) is 9.05. The van der Waals surface area contributed by atoms with Crippen LogP contribution in [0, 0.1) is 11.6 Å². The number of fused-ring (bicyclic) bond motifs is 1. The summed E-state index contributed by atoms with van der Waals surface area (Å²) in [7, 11) is 0. The number of phenols is 1. The number of hydrogen-bond donors (Lipinski definition) is 3. The number of carbonyl (C=O) groups excluding carboxylic acids is 1. The first-order chi connectivity index (χ1) is 17.9. The van der Waals surface area contributed by atoms with Crippen LogP contribution < -0.4 is 5.32 Å². The fourth-order valence-electron chi connectivity index (χ4n) is 4.38. The van der Waals surface area contributed by atoms with E-state index in [9.17, 15) is 18.7 Å². The molecule has 0 saturated carbocycles. The van der Waals surface area contributed by atoms with Crippen LogP contribution in [0.3, 0.4) is 0 Å². The lowest BCUT2D eigenvalue weighted by molar-refractivity contribution is -0.120. The molecule has 5 rings (SSSR count). The maximum Gasteiger partial charge on any atom is 0.224 e. The van der Waals surface area contributed by atoms with E-state index < -0.39 is 17.6 Å². The van der Waals surface area contributed by atoms with Crippen molar-refractivity contribution in [3.63, 3.8) is 0 Å². The van der Waals surface area contributed by atoms with Crippen molar-refractivity contribution in [1.29, 1.82) is 0 Å². The number of halogens is 3. The fraction of sp³-hybridized carbons (Fsp3) is 0.107. The Morgan fingerprint density at radius 1 is 1.05 bits per heavy atom. The zero-order valence-corrected chi connectivity index (χ0v) is 20.1. The Kier molecular flexibility index (Phi) is 6.83. The summed E-state index contributed by atoms with van der Waals surface area (Å²) in [6.07, 6.45) is 4.74. The summed E-state index contributed by atoms with van der Waals surface area (Å²) in [5.74, 6) is -2.33. The molecule has 0 radical (unpaired) electrons. The topological polar surface area (TPSA) is 90.9 Å². The maximum atomic E-state index is 14.2. The van der Waals surface area contributed by atoms with E-state index in [1.165, 1.54) is 18.5 Å². The predicted octanol–water partition coefficient (Wildman–Crippen LogP) is 5.75. The molecule has 3 N–H and O–H groups in total. The summed E-state index contributed by atoms with van der Waals surface area (Å²) in [4.78, 5) is 24.6. The van der Waals surface area contributed by atoms with Gasteiger partial charge in [-0.1, -0.05) is 23.7 Å². The van der Waals surface area contributed by atoms with Gasteiger partial charge in [0.05, 0.1) is 12.1 Å². The minimum atomic E-state index is -0.730. The molecule has 5 aromatic rings. The minimum absolute atomic E-state index is 0.0347. The number of amides is 1. The van der Waals surface area contributed by atoms with Crippen LogP contribution in [0.4, 0.5) is 8.78 Å². The summed E-state index contributed by atoms with van der Waals surface area (Å²) < 4.78 is 28.4. The molecular formula is C28H21ClF2N4O2. The molecule has 0 aliphatic carbocycles. The largest absolute Gasteiger partial charge is 0.508 e. The van der Waals surface area contributed by atoms with Crippen molar-refractivity contribution in [2.45, 2.75) is 12.3 Å². The number of aromatic hydroxyl groups is 1. The van der Waals surface area contributed by atoms with Gasteiger partial charge in [-0.3, -0.25) is 4.79 Å². The molecule has 0 bridgehead atoms. The Morgan fingerprint density at radius 3 is 2.57 bits per heavy atom. The molecule has 0 fully saturated rings. The number of hydrogen-bond acceptors (Lipinski definition) is 4. The number of nitrogens with zero attached hydrogens (tertiary/aromatic N) is 2. The van der Waals surface area contributed by atoms with Crippen molar-refractivity contribution in [3.05, 3.63) is 113 Å². The number of aromatic nitrogens is 3. The van der Waals surface area contributed by atoms with Gasteiger partial charge in [0.15, 0.2) is 0 Å². The molecule has 2 aromatic heterocycles. The van der Waals surface area contributed by atoms with Crippen molar-refractivity contribution in [2.24, 2.45) is 0 Å². The number of benzene rings is 3. The van der Waals surface area contributed by atoms with Gasteiger partial charge in [0.1, 0.15) is 23.7 Å². The third-order valence-electron chi connectivity index (χ3n) is 6.12. The second kappa shape index (κ2) is 10.4. The molecule has 3 aromatic carbocycles. The first-order valence-electron chi connectivity index (χ1n) is 11.4. The van der Waals surface area contributed by atoms with Crippen LogP contribution in [0.5, 0.6) is 5.75 Å². The van der Waals surface area contributed by atoms with E-state index in [-0.39, 0.29) is 24.6 Å². The van der Waals surface area contributed by atoms with Crippen molar-refractivity contribution in [1.82, 2.24) is 20.3 Å². The van der Waals surface area contributed by atoms with E-state index in [1.54, 1.807) is 54.9 Å². The number of phenolic OH excluding ortho intramolecular Hbond substituents is 1. The lowest BCUT2D eigenvalue weighted by Gasteiger charge is -2.21. The summed E-state index contributed by atoms with van der Waals surface area (Å²) in [5, 5.41) is 14.0. The van der Waals surface area contributed by atoms with Gasteiger partial charge in [0.2, 0.25) is 5.91 Å². The summed E-state index contributed by atoms with van der Waals surface area (Å²) in [6.45, 7) is 0.0347. The number of rotatable bonds is 7. The molecule has 9 heteroatoms. The smallest absolute Gasteiger partial charge is 0.224 e. The molecular weight excluding hydrogens is 498 g/mol. The van der Waals surface area contributed by atoms with Crippen LogP contribution in [0.1, 0.15) is 22.7 Å². The fourth-order valence-corrected chi connectivity index (χ4v) is 4.51. The van der Waals surface area contributed by atoms with E-state index in [4.69, 9.17) is 11.6 Å². The maximum absolute atomic E-state index is 14.2. The van der Waals surface area contributed by atoms with Gasteiger partial charge < -0.3 is 15.4 Å². The Hall–Kier alpha value is -4.30. The van der Waals surface area contributed by atoms with Crippen LogP contribution in [-0.4, -0.2) is 32.5 Å². The van der Waals surface area contributed by atoms with Crippen LogP contribution in [0.15, 0.2) is 79.4 Å². The summed E-state index contributed by atoms with van der Waals surface area (Å²) in [5.41, 5.74) is 3.74. The molecule has 1 amide bonds. The molecule has 6 nitrogen and oxygen atoms in total. The van der Waals surface area contributed by atoms with E-state index in [0.717, 1.165) is 22.5 Å². The SMILES string of the molecule is O=C(Cc1c[nH]c2ccc(O)cc12)NCC(c1cc(F)cc(F)c1)c1ncncc1-c1ccc(Cl)cc1. The summed E-state index contributed by atoms with van der Waals surface area (Å²) in [6, 6.07) is 15.2. The molecule has 0 aliphatic rings. The van der Waals surface area contributed by atoms with Gasteiger partial charge in [-0.05, 0) is 59.2 Å². The Balaban J connectivity index is 1.46. The zero-order valence-electron chi connectivity index (χ0n) is 19.4. The lowest BCUT2D eigenvalue weighted by atomic mass is 9.90. The third kappa shape index (κ3) is 5.44. The lowest BCUT2D eigenvalue weighted by Crippen LogP contribution is -2.30. The predicted molar refractivity (Wildman–Crippen MR) is 137 cm³/mol. The Bertz CT molecular complexity index is 1570. The van der Waals surface area contributed by atoms with Crippen molar-refractivity contribution in [2.75, 3.05) is 6.54 Å². The van der Waals surface area contributed by atoms with E-state index in [1.807, 2.05) is 0 Å². The molecule has 0 aliphatic heterocycles. The first kappa shape index (κ1) is 24.4. The molecule has 0 spiro atoms. The summed E-state index contributed by atoms with van der Waals surface area (Å²) >= 11 is 6.04. The molecule has 186 valence electrons. The van der Waals surface area contributed by atoms with Crippen molar-refractivity contribution in [3.8, 4) is 16.9 Å². The van der Waals surface area contributed by atoms with Crippen LogP contribution in [0.25, 0.3) is 22.0 Å². The standard InChI is InChI=1S/C28H21ClF2N4O2/c29-19-3-1-16(2-4-19)24-13-32-15-35-28(24)25(17-7-20(30)10-21(31)8-17)14-34-27(37)9-18-12-33-26-6-5-22(36)11-23(18)26/h1-8,10-13,15,25,33,36H,9,14H2,(H,34,37). The zero-order chi connectivity index (χ0) is 25.9. The van der Waals surface area contributed by atoms with Gasteiger partial charge >= 0.3 is 0 Å². The highest BCUT2D eigenvalue weighted by molar-refractivity contribution is 6.30. The highest BCUT2D eigenvalue weighted by atomic mass is 35.5. The van der Waals surface area contributed by atoms with Crippen LogP contribution >= 0.6 is 11.6 Å². The second-order valence-electron chi connectivity index (χ2n) is 8.61. The first-order valence-corrected chi connectivity index (χ1v) is 11.8.